The van der Waals surface area contributed by atoms with E-state index in [-0.39, 0.29) is 5.78 Å². The van der Waals surface area contributed by atoms with Gasteiger partial charge in [-0.3, -0.25) is 4.79 Å². The second kappa shape index (κ2) is 5.76. The third-order valence-corrected chi connectivity index (χ3v) is 3.90. The molecule has 1 heterocycles. The zero-order valence-electron chi connectivity index (χ0n) is 10.8. The molecule has 0 radical (unpaired) electrons. The van der Waals surface area contributed by atoms with Crippen molar-refractivity contribution in [2.75, 3.05) is 0 Å². The molecule has 0 saturated carbocycles. The van der Waals surface area contributed by atoms with Gasteiger partial charge in [0.25, 0.3) is 0 Å². The molecule has 3 aromatic rings. The fraction of sp³-hybridized carbons (Fsp3) is 0. The van der Waals surface area contributed by atoms with E-state index in [2.05, 4.69) is 0 Å². The maximum atomic E-state index is 12.1. The molecule has 0 atom stereocenters. The molecule has 0 amide bonds. The summed E-state index contributed by atoms with van der Waals surface area (Å²) in [5.74, 6) is 0.0767. The van der Waals surface area contributed by atoms with Crippen LogP contribution in [0.15, 0.2) is 59.0 Å². The molecule has 4 heteroatoms. The highest BCUT2D eigenvalue weighted by atomic mass is 35.5. The number of para-hydroxylation sites is 1. The van der Waals surface area contributed by atoms with Crippen molar-refractivity contribution in [2.45, 2.75) is 0 Å². The summed E-state index contributed by atoms with van der Waals surface area (Å²) in [4.78, 5) is 12.1. The van der Waals surface area contributed by atoms with Crippen molar-refractivity contribution in [3.8, 4) is 0 Å². The first-order valence-electron chi connectivity index (χ1n) is 6.30. The van der Waals surface area contributed by atoms with Crippen molar-refractivity contribution in [3.05, 3.63) is 76.0 Å². The van der Waals surface area contributed by atoms with Gasteiger partial charge in [0.1, 0.15) is 5.58 Å². The molecular formula is C17H10Cl2O2. The van der Waals surface area contributed by atoms with Gasteiger partial charge in [0, 0.05) is 5.39 Å². The lowest BCUT2D eigenvalue weighted by molar-refractivity contribution is 0.102. The number of halogens is 2. The van der Waals surface area contributed by atoms with E-state index >= 15 is 0 Å². The Balaban J connectivity index is 1.88. The quantitative estimate of drug-likeness (QED) is 0.462. The molecule has 0 unspecified atom stereocenters. The molecule has 21 heavy (non-hydrogen) atoms. The predicted molar refractivity (Wildman–Crippen MR) is 86.0 cm³/mol. The van der Waals surface area contributed by atoms with Crippen LogP contribution in [-0.2, 0) is 0 Å². The Hall–Kier alpha value is -2.03. The third-order valence-electron chi connectivity index (χ3n) is 3.06. The smallest absolute Gasteiger partial charge is 0.221 e. The van der Waals surface area contributed by atoms with Crippen molar-refractivity contribution >= 4 is 46.0 Å². The summed E-state index contributed by atoms with van der Waals surface area (Å²) in [6.45, 7) is 0. The number of fused-ring (bicyclic) bond motifs is 1. The van der Waals surface area contributed by atoms with Crippen molar-refractivity contribution in [2.24, 2.45) is 0 Å². The van der Waals surface area contributed by atoms with Crippen LogP contribution in [0.25, 0.3) is 17.0 Å². The molecule has 0 N–H and O–H groups in total. The second-order valence-electron chi connectivity index (χ2n) is 4.49. The number of carbonyl (C=O) groups excluding carboxylic acids is 1. The Morgan fingerprint density at radius 3 is 2.67 bits per heavy atom. The molecule has 0 fully saturated rings. The van der Waals surface area contributed by atoms with E-state index in [4.69, 9.17) is 27.6 Å². The molecule has 0 spiro atoms. The van der Waals surface area contributed by atoms with Gasteiger partial charge < -0.3 is 4.42 Å². The Bertz CT molecular complexity index is 814. The third kappa shape index (κ3) is 2.87. The number of benzene rings is 2. The van der Waals surface area contributed by atoms with E-state index < -0.39 is 0 Å². The normalized spacial score (nSPS) is 11.3. The lowest BCUT2D eigenvalue weighted by Crippen LogP contribution is -1.90. The van der Waals surface area contributed by atoms with Gasteiger partial charge in [0.2, 0.25) is 5.78 Å². The van der Waals surface area contributed by atoms with Crippen molar-refractivity contribution in [1.82, 2.24) is 0 Å². The zero-order valence-corrected chi connectivity index (χ0v) is 12.4. The van der Waals surface area contributed by atoms with Crippen LogP contribution >= 0.6 is 23.2 Å². The van der Waals surface area contributed by atoms with E-state index in [1.165, 1.54) is 6.08 Å². The number of carbonyl (C=O) groups is 1. The SMILES string of the molecule is O=C(/C=C/c1cccc(Cl)c1Cl)c1cc2ccccc2o1. The highest BCUT2D eigenvalue weighted by Crippen LogP contribution is 2.26. The number of hydrogen-bond donors (Lipinski definition) is 0. The second-order valence-corrected chi connectivity index (χ2v) is 5.27. The maximum absolute atomic E-state index is 12.1. The molecule has 3 rings (SSSR count). The van der Waals surface area contributed by atoms with Gasteiger partial charge in [-0.1, -0.05) is 53.5 Å². The minimum Gasteiger partial charge on any atom is -0.453 e. The van der Waals surface area contributed by atoms with Crippen molar-refractivity contribution < 1.29 is 9.21 Å². The number of ketones is 1. The van der Waals surface area contributed by atoms with Gasteiger partial charge >= 0.3 is 0 Å². The standard InChI is InChI=1S/C17H10Cl2O2/c18-13-6-3-5-11(17(13)19)8-9-14(20)16-10-12-4-1-2-7-15(12)21-16/h1-10H/b9-8+. The Labute approximate surface area is 131 Å². The first-order chi connectivity index (χ1) is 10.1. The minimum absolute atomic E-state index is 0.220. The largest absolute Gasteiger partial charge is 0.453 e. The van der Waals surface area contributed by atoms with Crippen molar-refractivity contribution in [1.29, 1.82) is 0 Å². The van der Waals surface area contributed by atoms with Crippen LogP contribution in [-0.4, -0.2) is 5.78 Å². The summed E-state index contributed by atoms with van der Waals surface area (Å²) >= 11 is 12.0. The summed E-state index contributed by atoms with van der Waals surface area (Å²) < 4.78 is 5.51. The Morgan fingerprint density at radius 2 is 1.86 bits per heavy atom. The number of allylic oxidation sites excluding steroid dienone is 1. The van der Waals surface area contributed by atoms with Gasteiger partial charge in [-0.25, -0.2) is 0 Å². The maximum Gasteiger partial charge on any atom is 0.221 e. The Morgan fingerprint density at radius 1 is 1.05 bits per heavy atom. The minimum atomic E-state index is -0.220. The zero-order chi connectivity index (χ0) is 14.8. The highest BCUT2D eigenvalue weighted by molar-refractivity contribution is 6.42. The molecule has 0 bridgehead atoms. The lowest BCUT2D eigenvalue weighted by Gasteiger charge is -1.99. The summed E-state index contributed by atoms with van der Waals surface area (Å²) in [5.41, 5.74) is 1.38. The average Bonchev–Trinajstić information content (AvgIpc) is 2.92. The van der Waals surface area contributed by atoms with Crippen LogP contribution in [0, 0.1) is 0 Å². The molecule has 0 saturated heterocycles. The first-order valence-corrected chi connectivity index (χ1v) is 7.06. The fourth-order valence-corrected chi connectivity index (χ4v) is 2.37. The molecule has 0 aliphatic heterocycles. The highest BCUT2D eigenvalue weighted by Gasteiger charge is 2.09. The topological polar surface area (TPSA) is 30.2 Å². The molecule has 104 valence electrons. The van der Waals surface area contributed by atoms with E-state index in [1.54, 1.807) is 30.3 Å². The summed E-state index contributed by atoms with van der Waals surface area (Å²) in [6, 6.07) is 14.5. The van der Waals surface area contributed by atoms with Gasteiger partial charge in [-0.15, -0.1) is 0 Å². The van der Waals surface area contributed by atoms with Crippen LogP contribution in [0.2, 0.25) is 10.0 Å². The number of hydrogen-bond acceptors (Lipinski definition) is 2. The van der Waals surface area contributed by atoms with Gasteiger partial charge in [0.05, 0.1) is 10.0 Å². The van der Waals surface area contributed by atoms with E-state index in [0.717, 1.165) is 5.39 Å². The predicted octanol–water partition coefficient (Wildman–Crippen LogP) is 5.64. The van der Waals surface area contributed by atoms with Crippen LogP contribution in [0.3, 0.4) is 0 Å². The van der Waals surface area contributed by atoms with Gasteiger partial charge in [0.15, 0.2) is 5.76 Å². The van der Waals surface area contributed by atoms with Crippen LogP contribution in [0.5, 0.6) is 0 Å². The molecule has 0 aliphatic rings. The molecule has 2 aromatic carbocycles. The van der Waals surface area contributed by atoms with Crippen LogP contribution in [0.4, 0.5) is 0 Å². The number of rotatable bonds is 3. The van der Waals surface area contributed by atoms with Gasteiger partial charge in [-0.05, 0) is 35.9 Å². The van der Waals surface area contributed by atoms with Crippen molar-refractivity contribution in [3.63, 3.8) is 0 Å². The summed E-state index contributed by atoms with van der Waals surface area (Å²) in [6.07, 6.45) is 3.05. The van der Waals surface area contributed by atoms with Gasteiger partial charge in [-0.2, -0.15) is 0 Å². The molecular weight excluding hydrogens is 307 g/mol. The molecule has 0 aliphatic carbocycles. The van der Waals surface area contributed by atoms with Crippen LogP contribution in [0.1, 0.15) is 16.1 Å². The molecule has 1 aromatic heterocycles. The summed E-state index contributed by atoms with van der Waals surface area (Å²) in [7, 11) is 0. The lowest BCUT2D eigenvalue weighted by atomic mass is 10.1. The Kier molecular flexibility index (Phi) is 3.82. The van der Waals surface area contributed by atoms with E-state index in [9.17, 15) is 4.79 Å². The van der Waals surface area contributed by atoms with Crippen LogP contribution < -0.4 is 0 Å². The number of furan rings is 1. The first kappa shape index (κ1) is 13.9. The average molecular weight is 317 g/mol. The monoisotopic (exact) mass is 316 g/mol. The fourth-order valence-electron chi connectivity index (χ4n) is 2.00. The summed E-state index contributed by atoms with van der Waals surface area (Å²) in [5, 5.41) is 1.78. The molecule has 2 nitrogen and oxygen atoms in total. The van der Waals surface area contributed by atoms with E-state index in [1.807, 2.05) is 24.3 Å². The van der Waals surface area contributed by atoms with E-state index in [0.29, 0.717) is 27.0 Å².